The van der Waals surface area contributed by atoms with Crippen molar-refractivity contribution in [1.29, 1.82) is 0 Å². The van der Waals surface area contributed by atoms with Crippen molar-refractivity contribution in [2.75, 3.05) is 11.9 Å². The molecule has 27 heavy (non-hydrogen) atoms. The molecule has 0 spiro atoms. The fourth-order valence-corrected chi connectivity index (χ4v) is 4.19. The van der Waals surface area contributed by atoms with Gasteiger partial charge in [-0.25, -0.2) is 9.98 Å². The summed E-state index contributed by atoms with van der Waals surface area (Å²) in [5.41, 5.74) is 0.671. The highest BCUT2D eigenvalue weighted by Crippen LogP contribution is 2.31. The standard InChI is InChI=1S/C18H16BrClN4O2S/c1-2-24-17(26)14(9-16(25)22-13-6-4-3-5-12(13)19)27-18(24)23-15-8-7-11(20)10-21-15/h3-8,10,14H,2,9H2,1H3,(H,22,25). The number of thioether (sulfide) groups is 1. The van der Waals surface area contributed by atoms with Crippen LogP contribution in [0.1, 0.15) is 13.3 Å². The Balaban J connectivity index is 1.71. The van der Waals surface area contributed by atoms with Gasteiger partial charge in [0.1, 0.15) is 5.25 Å². The van der Waals surface area contributed by atoms with E-state index in [0.29, 0.717) is 28.2 Å². The number of carbonyl (C=O) groups is 2. The number of carbonyl (C=O) groups excluding carboxylic acids is 2. The molecule has 3 rings (SSSR count). The van der Waals surface area contributed by atoms with Crippen LogP contribution in [-0.4, -0.2) is 38.7 Å². The largest absolute Gasteiger partial charge is 0.325 e. The van der Waals surface area contributed by atoms with Gasteiger partial charge in [0.05, 0.1) is 10.7 Å². The molecular weight excluding hydrogens is 452 g/mol. The molecule has 0 aliphatic carbocycles. The van der Waals surface area contributed by atoms with E-state index in [1.54, 1.807) is 23.1 Å². The van der Waals surface area contributed by atoms with Gasteiger partial charge in [-0.15, -0.1) is 0 Å². The molecule has 1 aromatic carbocycles. The van der Waals surface area contributed by atoms with Crippen molar-refractivity contribution >= 4 is 67.8 Å². The van der Waals surface area contributed by atoms with Crippen LogP contribution in [0.15, 0.2) is 52.1 Å². The quantitative estimate of drug-likeness (QED) is 0.703. The Morgan fingerprint density at radius 1 is 1.37 bits per heavy atom. The van der Waals surface area contributed by atoms with Crippen LogP contribution in [0, 0.1) is 0 Å². The van der Waals surface area contributed by atoms with Gasteiger partial charge in [0.2, 0.25) is 11.8 Å². The number of pyridine rings is 1. The van der Waals surface area contributed by atoms with Crippen molar-refractivity contribution in [3.8, 4) is 0 Å². The molecule has 0 saturated carbocycles. The average molecular weight is 468 g/mol. The molecule has 1 aliphatic heterocycles. The molecule has 1 unspecified atom stereocenters. The number of anilines is 1. The number of amides is 2. The molecule has 6 nitrogen and oxygen atoms in total. The lowest BCUT2D eigenvalue weighted by Crippen LogP contribution is -2.33. The third-order valence-electron chi connectivity index (χ3n) is 3.78. The van der Waals surface area contributed by atoms with E-state index < -0.39 is 5.25 Å². The summed E-state index contributed by atoms with van der Waals surface area (Å²) in [7, 11) is 0. The molecule has 1 fully saturated rings. The number of benzene rings is 1. The number of halogens is 2. The lowest BCUT2D eigenvalue weighted by atomic mass is 10.2. The summed E-state index contributed by atoms with van der Waals surface area (Å²) in [5.74, 6) is 0.110. The maximum atomic E-state index is 12.6. The van der Waals surface area contributed by atoms with Crippen LogP contribution in [0.2, 0.25) is 5.02 Å². The fourth-order valence-electron chi connectivity index (χ4n) is 2.48. The van der Waals surface area contributed by atoms with Crippen molar-refractivity contribution in [2.45, 2.75) is 18.6 Å². The van der Waals surface area contributed by atoms with E-state index in [1.807, 2.05) is 25.1 Å². The van der Waals surface area contributed by atoms with E-state index in [-0.39, 0.29) is 18.2 Å². The van der Waals surface area contributed by atoms with Crippen LogP contribution < -0.4 is 5.32 Å². The minimum Gasteiger partial charge on any atom is -0.325 e. The molecule has 1 atom stereocenters. The Labute approximate surface area is 174 Å². The van der Waals surface area contributed by atoms with E-state index >= 15 is 0 Å². The molecular formula is C18H16BrClN4O2S. The van der Waals surface area contributed by atoms with Gasteiger partial charge >= 0.3 is 0 Å². The highest BCUT2D eigenvalue weighted by atomic mass is 79.9. The summed E-state index contributed by atoms with van der Waals surface area (Å²) in [6.45, 7) is 2.34. The number of aromatic nitrogens is 1. The number of aliphatic imine (C=N–C) groups is 1. The van der Waals surface area contributed by atoms with Crippen LogP contribution >= 0.6 is 39.3 Å². The Morgan fingerprint density at radius 3 is 2.81 bits per heavy atom. The van der Waals surface area contributed by atoms with Crippen molar-refractivity contribution < 1.29 is 9.59 Å². The van der Waals surface area contributed by atoms with Gasteiger partial charge in [0.15, 0.2) is 11.0 Å². The molecule has 2 aromatic rings. The smallest absolute Gasteiger partial charge is 0.242 e. The van der Waals surface area contributed by atoms with E-state index in [2.05, 4.69) is 31.2 Å². The lowest BCUT2D eigenvalue weighted by Gasteiger charge is -2.13. The molecule has 1 aromatic heterocycles. The van der Waals surface area contributed by atoms with Gasteiger partial charge in [0.25, 0.3) is 0 Å². The first-order valence-corrected chi connectivity index (χ1v) is 10.3. The molecule has 1 N–H and O–H groups in total. The van der Waals surface area contributed by atoms with Gasteiger partial charge in [-0.05, 0) is 47.1 Å². The first-order chi connectivity index (χ1) is 13.0. The number of hydrogen-bond acceptors (Lipinski definition) is 5. The second kappa shape index (κ2) is 8.86. The SMILES string of the molecule is CCN1C(=O)C(CC(=O)Nc2ccccc2Br)SC1=Nc1ccc(Cl)cn1. The van der Waals surface area contributed by atoms with Gasteiger partial charge in [0, 0.05) is 23.6 Å². The normalized spacial score (nSPS) is 18.2. The maximum absolute atomic E-state index is 12.6. The maximum Gasteiger partial charge on any atom is 0.242 e. The zero-order valence-electron chi connectivity index (χ0n) is 14.4. The molecule has 2 heterocycles. The van der Waals surface area contributed by atoms with Gasteiger partial charge < -0.3 is 5.32 Å². The Hall–Kier alpha value is -1.90. The molecule has 2 amide bonds. The molecule has 0 bridgehead atoms. The predicted molar refractivity (Wildman–Crippen MR) is 112 cm³/mol. The van der Waals surface area contributed by atoms with Gasteiger partial charge in [-0.2, -0.15) is 0 Å². The van der Waals surface area contributed by atoms with E-state index in [0.717, 1.165) is 4.47 Å². The van der Waals surface area contributed by atoms with Crippen LogP contribution in [0.5, 0.6) is 0 Å². The molecule has 1 saturated heterocycles. The number of hydrogen-bond donors (Lipinski definition) is 1. The third kappa shape index (κ3) is 4.88. The fraction of sp³-hybridized carbons (Fsp3) is 0.222. The van der Waals surface area contributed by atoms with E-state index in [9.17, 15) is 9.59 Å². The second-order valence-electron chi connectivity index (χ2n) is 5.65. The van der Waals surface area contributed by atoms with Gasteiger partial charge in [-0.3, -0.25) is 14.5 Å². The van der Waals surface area contributed by atoms with Crippen LogP contribution in [0.25, 0.3) is 0 Å². The summed E-state index contributed by atoms with van der Waals surface area (Å²) < 4.78 is 0.787. The van der Waals surface area contributed by atoms with Crippen molar-refractivity contribution in [2.24, 2.45) is 4.99 Å². The lowest BCUT2D eigenvalue weighted by molar-refractivity contribution is -0.128. The summed E-state index contributed by atoms with van der Waals surface area (Å²) in [6, 6.07) is 10.7. The summed E-state index contributed by atoms with van der Waals surface area (Å²) in [5, 5.41) is 3.36. The number of amidine groups is 1. The Bertz CT molecular complexity index is 891. The third-order valence-corrected chi connectivity index (χ3v) is 5.87. The molecule has 0 radical (unpaired) electrons. The minimum absolute atomic E-state index is 0.0639. The summed E-state index contributed by atoms with van der Waals surface area (Å²) in [6.07, 6.45) is 1.57. The average Bonchev–Trinajstić information content (AvgIpc) is 2.93. The zero-order chi connectivity index (χ0) is 19.4. The second-order valence-corrected chi connectivity index (χ2v) is 8.11. The number of rotatable bonds is 5. The first kappa shape index (κ1) is 19.9. The van der Waals surface area contributed by atoms with E-state index in [1.165, 1.54) is 18.0 Å². The number of para-hydroxylation sites is 1. The van der Waals surface area contributed by atoms with Crippen LogP contribution in [0.3, 0.4) is 0 Å². The van der Waals surface area contributed by atoms with Crippen LogP contribution in [-0.2, 0) is 9.59 Å². The topological polar surface area (TPSA) is 74.7 Å². The van der Waals surface area contributed by atoms with Crippen molar-refractivity contribution in [3.05, 3.63) is 52.1 Å². The Kier molecular flexibility index (Phi) is 6.51. The van der Waals surface area contributed by atoms with Gasteiger partial charge in [-0.1, -0.05) is 35.5 Å². The molecule has 140 valence electrons. The molecule has 1 aliphatic rings. The van der Waals surface area contributed by atoms with Crippen molar-refractivity contribution in [1.82, 2.24) is 9.88 Å². The van der Waals surface area contributed by atoms with E-state index in [4.69, 9.17) is 11.6 Å². The molecule has 9 heteroatoms. The number of nitrogens with one attached hydrogen (secondary N) is 1. The number of nitrogens with zero attached hydrogens (tertiary/aromatic N) is 3. The zero-order valence-corrected chi connectivity index (χ0v) is 17.5. The monoisotopic (exact) mass is 466 g/mol. The summed E-state index contributed by atoms with van der Waals surface area (Å²) >= 11 is 10.5. The van der Waals surface area contributed by atoms with Crippen molar-refractivity contribution in [3.63, 3.8) is 0 Å². The predicted octanol–water partition coefficient (Wildman–Crippen LogP) is 4.48. The highest BCUT2D eigenvalue weighted by molar-refractivity contribution is 9.10. The minimum atomic E-state index is -0.515. The highest BCUT2D eigenvalue weighted by Gasteiger charge is 2.38. The first-order valence-electron chi connectivity index (χ1n) is 8.20. The Morgan fingerprint density at radius 2 is 2.15 bits per heavy atom. The summed E-state index contributed by atoms with van der Waals surface area (Å²) in [4.78, 5) is 35.2. The van der Waals surface area contributed by atoms with Crippen LogP contribution in [0.4, 0.5) is 11.5 Å².